The van der Waals surface area contributed by atoms with E-state index in [0.717, 1.165) is 38.1 Å². The number of nitrogens with zero attached hydrogens (tertiary/aromatic N) is 1. The minimum Gasteiger partial charge on any atom is -0.469 e. The van der Waals surface area contributed by atoms with E-state index in [9.17, 15) is 9.59 Å². The number of methoxy groups -OCH3 is 1. The smallest absolute Gasteiger partial charge is 0.315 e. The first-order valence-electron chi connectivity index (χ1n) is 9.54. The predicted octanol–water partition coefficient (Wildman–Crippen LogP) is 2.38. The van der Waals surface area contributed by atoms with E-state index in [4.69, 9.17) is 0 Å². The molecule has 0 aromatic carbocycles. The fourth-order valence-electron chi connectivity index (χ4n) is 3.59. The summed E-state index contributed by atoms with van der Waals surface area (Å²) in [5, 5.41) is 6.64. The maximum atomic E-state index is 11.4. The summed E-state index contributed by atoms with van der Waals surface area (Å²) in [5.41, 5.74) is 0. The number of carbonyl (C=O) groups is 2. The zero-order valence-corrected chi connectivity index (χ0v) is 16.4. The molecule has 6 nitrogen and oxygen atoms in total. The van der Waals surface area contributed by atoms with Crippen LogP contribution in [0.1, 0.15) is 51.4 Å². The van der Waals surface area contributed by atoms with Crippen molar-refractivity contribution < 1.29 is 14.3 Å². The number of amides is 2. The standard InChI is InChI=1S/C18H33N3O3S/c1-21(12-8-4-6-10-16(22)24-2)11-7-3-5-9-15-17-14(13-25-15)19-18(23)20-17/h14-15,17H,3-13H2,1-2H3,(H2,19,20,23). The molecular formula is C18H33N3O3S. The first kappa shape index (κ1) is 20.4. The Labute approximate surface area is 155 Å². The van der Waals surface area contributed by atoms with E-state index in [-0.39, 0.29) is 12.0 Å². The van der Waals surface area contributed by atoms with Crippen molar-refractivity contribution in [3.8, 4) is 0 Å². The van der Waals surface area contributed by atoms with Crippen molar-refractivity contribution in [2.45, 2.75) is 68.7 Å². The maximum absolute atomic E-state index is 11.4. The van der Waals surface area contributed by atoms with Gasteiger partial charge in [-0.3, -0.25) is 4.79 Å². The van der Waals surface area contributed by atoms with Crippen LogP contribution >= 0.6 is 11.8 Å². The van der Waals surface area contributed by atoms with E-state index < -0.39 is 0 Å². The van der Waals surface area contributed by atoms with Crippen LogP contribution in [0, 0.1) is 0 Å². The van der Waals surface area contributed by atoms with Gasteiger partial charge in [0.15, 0.2) is 0 Å². The Balaban J connectivity index is 1.42. The molecule has 2 N–H and O–H groups in total. The van der Waals surface area contributed by atoms with Crippen LogP contribution in [0.15, 0.2) is 0 Å². The van der Waals surface area contributed by atoms with Crippen molar-refractivity contribution in [2.75, 3.05) is 33.0 Å². The zero-order valence-electron chi connectivity index (χ0n) is 15.6. The average Bonchev–Trinajstić information content (AvgIpc) is 3.13. The van der Waals surface area contributed by atoms with Gasteiger partial charge in [0.2, 0.25) is 0 Å². The molecule has 0 aromatic heterocycles. The Bertz CT molecular complexity index is 436. The molecule has 0 saturated carbocycles. The topological polar surface area (TPSA) is 70.7 Å². The number of esters is 1. The van der Waals surface area contributed by atoms with Gasteiger partial charge in [0, 0.05) is 17.4 Å². The van der Waals surface area contributed by atoms with E-state index in [1.54, 1.807) is 0 Å². The molecule has 2 heterocycles. The summed E-state index contributed by atoms with van der Waals surface area (Å²) in [4.78, 5) is 24.8. The van der Waals surface area contributed by atoms with Gasteiger partial charge in [0.25, 0.3) is 0 Å². The van der Waals surface area contributed by atoms with Gasteiger partial charge in [-0.25, -0.2) is 4.79 Å². The summed E-state index contributed by atoms with van der Waals surface area (Å²) in [7, 11) is 3.62. The Morgan fingerprint density at radius 3 is 2.60 bits per heavy atom. The number of unbranched alkanes of at least 4 members (excludes halogenated alkanes) is 4. The Morgan fingerprint density at radius 2 is 1.88 bits per heavy atom. The third-order valence-electron chi connectivity index (χ3n) is 5.12. The van der Waals surface area contributed by atoms with Crippen LogP contribution in [0.5, 0.6) is 0 Å². The second-order valence-electron chi connectivity index (χ2n) is 7.16. The number of hydrogen-bond acceptors (Lipinski definition) is 5. The average molecular weight is 372 g/mol. The summed E-state index contributed by atoms with van der Waals surface area (Å²) >= 11 is 2.00. The molecule has 3 unspecified atom stereocenters. The molecule has 0 aromatic rings. The highest BCUT2D eigenvalue weighted by molar-refractivity contribution is 8.00. The molecule has 2 amide bonds. The van der Waals surface area contributed by atoms with Crippen LogP contribution in [-0.2, 0) is 9.53 Å². The molecule has 3 atom stereocenters. The van der Waals surface area contributed by atoms with Gasteiger partial charge in [0.1, 0.15) is 0 Å². The van der Waals surface area contributed by atoms with Crippen LogP contribution < -0.4 is 10.6 Å². The number of thioether (sulfide) groups is 1. The van der Waals surface area contributed by atoms with Gasteiger partial charge in [-0.2, -0.15) is 11.8 Å². The van der Waals surface area contributed by atoms with Crippen LogP contribution in [0.2, 0.25) is 0 Å². The summed E-state index contributed by atoms with van der Waals surface area (Å²) < 4.78 is 4.64. The molecule has 0 spiro atoms. The summed E-state index contributed by atoms with van der Waals surface area (Å²) in [6.07, 6.45) is 8.61. The number of fused-ring (bicyclic) bond motifs is 1. The first-order chi connectivity index (χ1) is 12.1. The summed E-state index contributed by atoms with van der Waals surface area (Å²) in [6, 6.07) is 0.687. The highest BCUT2D eigenvalue weighted by Crippen LogP contribution is 2.33. The third-order valence-corrected chi connectivity index (χ3v) is 6.62. The second kappa shape index (κ2) is 10.9. The van der Waals surface area contributed by atoms with Crippen LogP contribution in [-0.4, -0.2) is 67.2 Å². The van der Waals surface area contributed by atoms with Crippen LogP contribution in [0.3, 0.4) is 0 Å². The van der Waals surface area contributed by atoms with Gasteiger partial charge in [-0.05, 0) is 45.8 Å². The number of ether oxygens (including phenoxy) is 1. The molecule has 0 radical (unpaired) electrons. The molecule has 0 aliphatic carbocycles. The minimum atomic E-state index is -0.104. The predicted molar refractivity (Wildman–Crippen MR) is 102 cm³/mol. The molecule has 2 fully saturated rings. The Kier molecular flexibility index (Phi) is 8.89. The molecule has 25 heavy (non-hydrogen) atoms. The number of urea groups is 1. The van der Waals surface area contributed by atoms with Crippen molar-refractivity contribution in [2.24, 2.45) is 0 Å². The lowest BCUT2D eigenvalue weighted by Crippen LogP contribution is -2.36. The van der Waals surface area contributed by atoms with Crippen molar-refractivity contribution >= 4 is 23.8 Å². The van der Waals surface area contributed by atoms with E-state index in [1.165, 1.54) is 32.8 Å². The lowest BCUT2D eigenvalue weighted by atomic mass is 10.0. The SMILES string of the molecule is COC(=O)CCCCCN(C)CCCCCC1SCC2NC(=O)NC21. The quantitative estimate of drug-likeness (QED) is 0.313. The lowest BCUT2D eigenvalue weighted by Gasteiger charge is -2.18. The third kappa shape index (κ3) is 7.05. The lowest BCUT2D eigenvalue weighted by molar-refractivity contribution is -0.140. The molecule has 2 aliphatic rings. The summed E-state index contributed by atoms with van der Waals surface area (Å²) in [5.74, 6) is 0.945. The van der Waals surface area contributed by atoms with Gasteiger partial charge < -0.3 is 20.3 Å². The van der Waals surface area contributed by atoms with E-state index in [2.05, 4.69) is 27.3 Å². The highest BCUT2D eigenvalue weighted by atomic mass is 32.2. The fraction of sp³-hybridized carbons (Fsp3) is 0.889. The zero-order chi connectivity index (χ0) is 18.1. The Morgan fingerprint density at radius 1 is 1.16 bits per heavy atom. The molecule has 0 bridgehead atoms. The van der Waals surface area contributed by atoms with Crippen molar-refractivity contribution in [1.82, 2.24) is 15.5 Å². The molecule has 7 heteroatoms. The molecule has 2 saturated heterocycles. The summed E-state index contributed by atoms with van der Waals surface area (Å²) in [6.45, 7) is 2.24. The van der Waals surface area contributed by atoms with Crippen molar-refractivity contribution in [3.63, 3.8) is 0 Å². The van der Waals surface area contributed by atoms with Gasteiger partial charge in [-0.15, -0.1) is 0 Å². The minimum absolute atomic E-state index is 0.00788. The molecule has 2 aliphatic heterocycles. The second-order valence-corrected chi connectivity index (χ2v) is 8.43. The Hall–Kier alpha value is -0.950. The number of nitrogens with one attached hydrogen (secondary N) is 2. The van der Waals surface area contributed by atoms with Crippen LogP contribution in [0.4, 0.5) is 4.79 Å². The maximum Gasteiger partial charge on any atom is 0.315 e. The van der Waals surface area contributed by atoms with E-state index >= 15 is 0 Å². The molecular weight excluding hydrogens is 338 g/mol. The van der Waals surface area contributed by atoms with E-state index in [1.807, 2.05) is 11.8 Å². The highest BCUT2D eigenvalue weighted by Gasteiger charge is 2.42. The van der Waals surface area contributed by atoms with Crippen LogP contribution in [0.25, 0.3) is 0 Å². The molecule has 2 rings (SSSR count). The normalized spacial score (nSPS) is 24.9. The van der Waals surface area contributed by atoms with Gasteiger partial charge >= 0.3 is 12.0 Å². The largest absolute Gasteiger partial charge is 0.469 e. The van der Waals surface area contributed by atoms with Gasteiger partial charge in [0.05, 0.1) is 19.2 Å². The monoisotopic (exact) mass is 371 g/mol. The number of hydrogen-bond donors (Lipinski definition) is 2. The fourth-order valence-corrected chi connectivity index (χ4v) is 5.13. The van der Waals surface area contributed by atoms with Crippen molar-refractivity contribution in [1.29, 1.82) is 0 Å². The number of carbonyl (C=O) groups excluding carboxylic acids is 2. The van der Waals surface area contributed by atoms with Gasteiger partial charge in [-0.1, -0.05) is 19.3 Å². The first-order valence-corrected chi connectivity index (χ1v) is 10.6. The number of rotatable bonds is 12. The van der Waals surface area contributed by atoms with Crippen molar-refractivity contribution in [3.05, 3.63) is 0 Å². The van der Waals surface area contributed by atoms with E-state index in [0.29, 0.717) is 23.8 Å². The molecule has 144 valence electrons.